The summed E-state index contributed by atoms with van der Waals surface area (Å²) >= 11 is 0. The van der Waals surface area contributed by atoms with Gasteiger partial charge in [-0.2, -0.15) is 0 Å². The molecule has 5 nitrogen and oxygen atoms in total. The number of esters is 1. The van der Waals surface area contributed by atoms with Crippen LogP contribution in [0.2, 0.25) is 0 Å². The molecule has 7 heteroatoms. The average Bonchev–Trinajstić information content (AvgIpc) is 2.97. The molecular formula is C18H16F2N2O3. The van der Waals surface area contributed by atoms with Crippen molar-refractivity contribution in [3.05, 3.63) is 54.4 Å². The van der Waals surface area contributed by atoms with Gasteiger partial charge in [0.05, 0.1) is 13.7 Å². The molecule has 0 saturated carbocycles. The van der Waals surface area contributed by atoms with E-state index in [0.29, 0.717) is 0 Å². The van der Waals surface area contributed by atoms with Crippen molar-refractivity contribution < 1.29 is 23.1 Å². The first-order valence-electron chi connectivity index (χ1n) is 7.68. The molecule has 1 aromatic carbocycles. The number of likely N-dealkylation sites (tertiary alicyclic amines) is 1. The molecule has 0 N–H and O–H groups in total. The lowest BCUT2D eigenvalue weighted by Crippen LogP contribution is -2.41. The van der Waals surface area contributed by atoms with Crippen LogP contribution in [-0.4, -0.2) is 47.4 Å². The van der Waals surface area contributed by atoms with E-state index < -0.39 is 36.8 Å². The zero-order valence-corrected chi connectivity index (χ0v) is 13.5. The van der Waals surface area contributed by atoms with Crippen LogP contribution >= 0.6 is 0 Å². The predicted molar refractivity (Wildman–Crippen MR) is 86.1 cm³/mol. The average molecular weight is 346 g/mol. The van der Waals surface area contributed by atoms with Crippen molar-refractivity contribution in [3.63, 3.8) is 0 Å². The fraction of sp³-hybridized carbons (Fsp3) is 0.278. The molecular weight excluding hydrogens is 330 g/mol. The van der Waals surface area contributed by atoms with Crippen LogP contribution in [0.1, 0.15) is 16.8 Å². The van der Waals surface area contributed by atoms with E-state index in [0.717, 1.165) is 23.1 Å². The Kier molecular flexibility index (Phi) is 4.48. The highest BCUT2D eigenvalue weighted by Crippen LogP contribution is 2.34. The van der Waals surface area contributed by atoms with E-state index in [9.17, 15) is 18.4 Å². The Morgan fingerprint density at radius 1 is 1.24 bits per heavy atom. The molecule has 1 aromatic heterocycles. The van der Waals surface area contributed by atoms with Gasteiger partial charge < -0.3 is 9.64 Å². The molecule has 0 unspecified atom stereocenters. The minimum atomic E-state index is -3.12. The predicted octanol–water partition coefficient (Wildman–Crippen LogP) is 2.77. The molecule has 2 heterocycles. The first-order chi connectivity index (χ1) is 11.9. The number of rotatable bonds is 3. The standard InChI is InChI=1S/C18H16F2N2O3/c1-25-17(24)15-9-18(19,20)11-22(15)16(23)13-5-2-4-12(8-13)14-6-3-7-21-10-14/h2-8,10,15H,9,11H2,1H3/t15-/m0/s1. The van der Waals surface area contributed by atoms with Gasteiger partial charge in [-0.1, -0.05) is 18.2 Å². The highest BCUT2D eigenvalue weighted by atomic mass is 19.3. The smallest absolute Gasteiger partial charge is 0.328 e. The number of pyridine rings is 1. The van der Waals surface area contributed by atoms with Gasteiger partial charge in [-0.05, 0) is 23.8 Å². The van der Waals surface area contributed by atoms with E-state index >= 15 is 0 Å². The monoisotopic (exact) mass is 346 g/mol. The van der Waals surface area contributed by atoms with Crippen LogP contribution in [0.5, 0.6) is 0 Å². The largest absolute Gasteiger partial charge is 0.467 e. The van der Waals surface area contributed by atoms with Gasteiger partial charge in [-0.25, -0.2) is 13.6 Å². The number of hydrogen-bond donors (Lipinski definition) is 0. The molecule has 1 aliphatic heterocycles. The second kappa shape index (κ2) is 6.58. The zero-order valence-electron chi connectivity index (χ0n) is 13.5. The number of hydrogen-bond acceptors (Lipinski definition) is 4. The third kappa shape index (κ3) is 3.50. The second-order valence-corrected chi connectivity index (χ2v) is 5.85. The summed E-state index contributed by atoms with van der Waals surface area (Å²) in [5.41, 5.74) is 1.76. The van der Waals surface area contributed by atoms with Crippen LogP contribution < -0.4 is 0 Å². The quantitative estimate of drug-likeness (QED) is 0.802. The Labute approximate surface area is 143 Å². The van der Waals surface area contributed by atoms with Gasteiger partial charge in [0.25, 0.3) is 11.8 Å². The third-order valence-electron chi connectivity index (χ3n) is 4.11. The van der Waals surface area contributed by atoms with Gasteiger partial charge in [-0.15, -0.1) is 0 Å². The second-order valence-electron chi connectivity index (χ2n) is 5.85. The number of carbonyl (C=O) groups is 2. The lowest BCUT2D eigenvalue weighted by molar-refractivity contribution is -0.145. The highest BCUT2D eigenvalue weighted by Gasteiger charge is 2.50. The highest BCUT2D eigenvalue weighted by molar-refractivity contribution is 5.98. The Hall–Kier alpha value is -2.83. The van der Waals surface area contributed by atoms with Crippen molar-refractivity contribution in [2.24, 2.45) is 0 Å². The lowest BCUT2D eigenvalue weighted by atomic mass is 10.0. The third-order valence-corrected chi connectivity index (χ3v) is 4.11. The Morgan fingerprint density at radius 2 is 2.00 bits per heavy atom. The molecule has 1 aliphatic rings. The molecule has 0 radical (unpaired) electrons. The van der Waals surface area contributed by atoms with Crippen LogP contribution in [-0.2, 0) is 9.53 Å². The summed E-state index contributed by atoms with van der Waals surface area (Å²) in [6, 6.07) is 8.91. The molecule has 0 bridgehead atoms. The van der Waals surface area contributed by atoms with Crippen LogP contribution in [0.15, 0.2) is 48.8 Å². The van der Waals surface area contributed by atoms with Crippen LogP contribution in [0.3, 0.4) is 0 Å². The SMILES string of the molecule is COC(=O)[C@@H]1CC(F)(F)CN1C(=O)c1cccc(-c2cccnc2)c1. The molecule has 1 amide bonds. The molecule has 1 fully saturated rings. The summed E-state index contributed by atoms with van der Waals surface area (Å²) < 4.78 is 32.1. The maximum atomic E-state index is 13.8. The van der Waals surface area contributed by atoms with Crippen LogP contribution in [0, 0.1) is 0 Å². The van der Waals surface area contributed by atoms with Crippen molar-refractivity contribution in [2.45, 2.75) is 18.4 Å². The molecule has 1 atom stereocenters. The summed E-state index contributed by atoms with van der Waals surface area (Å²) in [6.07, 6.45) is 2.55. The van der Waals surface area contributed by atoms with E-state index in [2.05, 4.69) is 9.72 Å². The van der Waals surface area contributed by atoms with Crippen molar-refractivity contribution in [3.8, 4) is 11.1 Å². The maximum absolute atomic E-state index is 13.8. The first kappa shape index (κ1) is 17.0. The van der Waals surface area contributed by atoms with Gasteiger partial charge in [-0.3, -0.25) is 9.78 Å². The number of benzene rings is 1. The Balaban J connectivity index is 1.91. The van der Waals surface area contributed by atoms with Crippen LogP contribution in [0.25, 0.3) is 11.1 Å². The van der Waals surface area contributed by atoms with Crippen molar-refractivity contribution in [1.29, 1.82) is 0 Å². The lowest BCUT2D eigenvalue weighted by Gasteiger charge is -2.22. The number of alkyl halides is 2. The number of halogens is 2. The molecule has 130 valence electrons. The molecule has 3 rings (SSSR count). The van der Waals surface area contributed by atoms with Gasteiger partial charge in [0.1, 0.15) is 6.04 Å². The van der Waals surface area contributed by atoms with Gasteiger partial charge in [0, 0.05) is 29.9 Å². The van der Waals surface area contributed by atoms with Gasteiger partial charge in [0.15, 0.2) is 0 Å². The summed E-state index contributed by atoms with van der Waals surface area (Å²) in [4.78, 5) is 29.4. The van der Waals surface area contributed by atoms with E-state index in [1.807, 2.05) is 6.07 Å². The maximum Gasteiger partial charge on any atom is 0.328 e. The van der Waals surface area contributed by atoms with Gasteiger partial charge in [0.2, 0.25) is 0 Å². The molecule has 1 saturated heterocycles. The van der Waals surface area contributed by atoms with E-state index in [-0.39, 0.29) is 5.56 Å². The summed E-state index contributed by atoms with van der Waals surface area (Å²) in [7, 11) is 1.12. The normalized spacial score (nSPS) is 18.8. The van der Waals surface area contributed by atoms with E-state index in [1.54, 1.807) is 36.7 Å². The number of carbonyl (C=O) groups excluding carboxylic acids is 2. The van der Waals surface area contributed by atoms with Crippen molar-refractivity contribution in [1.82, 2.24) is 9.88 Å². The Morgan fingerprint density at radius 3 is 2.68 bits per heavy atom. The number of methoxy groups -OCH3 is 1. The topological polar surface area (TPSA) is 59.5 Å². The minimum Gasteiger partial charge on any atom is -0.467 e. The number of aromatic nitrogens is 1. The Bertz CT molecular complexity index is 796. The minimum absolute atomic E-state index is 0.230. The first-order valence-corrected chi connectivity index (χ1v) is 7.68. The molecule has 0 spiro atoms. The molecule has 2 aromatic rings. The van der Waals surface area contributed by atoms with Crippen molar-refractivity contribution in [2.75, 3.05) is 13.7 Å². The fourth-order valence-electron chi connectivity index (χ4n) is 2.91. The molecule has 0 aliphatic carbocycles. The van der Waals surface area contributed by atoms with E-state index in [1.165, 1.54) is 6.07 Å². The number of ether oxygens (including phenoxy) is 1. The summed E-state index contributed by atoms with van der Waals surface area (Å²) in [5.74, 6) is -4.58. The fourth-order valence-corrected chi connectivity index (χ4v) is 2.91. The van der Waals surface area contributed by atoms with Crippen LogP contribution in [0.4, 0.5) is 8.78 Å². The van der Waals surface area contributed by atoms with E-state index in [4.69, 9.17) is 0 Å². The summed E-state index contributed by atoms with van der Waals surface area (Å²) in [5, 5.41) is 0. The van der Waals surface area contributed by atoms with Gasteiger partial charge >= 0.3 is 5.97 Å². The molecule has 25 heavy (non-hydrogen) atoms. The number of nitrogens with zero attached hydrogens (tertiary/aromatic N) is 2. The van der Waals surface area contributed by atoms with Crippen molar-refractivity contribution >= 4 is 11.9 Å². The number of amides is 1. The summed E-state index contributed by atoms with van der Waals surface area (Å²) in [6.45, 7) is -0.803. The zero-order chi connectivity index (χ0) is 18.0.